The zero-order valence-electron chi connectivity index (χ0n) is 8.74. The highest BCUT2D eigenvalue weighted by atomic mass is 79.9. The summed E-state index contributed by atoms with van der Waals surface area (Å²) >= 11 is 11.0. The fourth-order valence-electron chi connectivity index (χ4n) is 1.18. The number of aliphatic carboxylic acids is 1. The number of carbonyl (C=O) groups is 1. The van der Waals surface area contributed by atoms with Gasteiger partial charge in [-0.1, -0.05) is 40.5 Å². The van der Waals surface area contributed by atoms with Crippen LogP contribution in [0.5, 0.6) is 0 Å². The summed E-state index contributed by atoms with van der Waals surface area (Å²) in [5.74, 6) is -0.0255. The minimum Gasteiger partial charge on any atom is -0.481 e. The Hall–Kier alpha value is -0.190. The highest BCUT2D eigenvalue weighted by Gasteiger charge is 2.09. The summed E-state index contributed by atoms with van der Waals surface area (Å²) in [5, 5.41) is 9.43. The van der Waals surface area contributed by atoms with Crippen LogP contribution in [0.3, 0.4) is 0 Å². The summed E-state index contributed by atoms with van der Waals surface area (Å²) in [6, 6.07) is 5.73. The molecule has 0 bridgehead atoms. The van der Waals surface area contributed by atoms with E-state index < -0.39 is 5.97 Å². The average Bonchev–Trinajstić information content (AvgIpc) is 2.15. The van der Waals surface area contributed by atoms with Gasteiger partial charge in [-0.2, -0.15) is 11.8 Å². The van der Waals surface area contributed by atoms with Gasteiger partial charge >= 0.3 is 5.97 Å². The van der Waals surface area contributed by atoms with Crippen LogP contribution in [0.15, 0.2) is 22.7 Å². The van der Waals surface area contributed by atoms with Crippen LogP contribution in [0.2, 0.25) is 5.02 Å². The van der Waals surface area contributed by atoms with Crippen LogP contribution < -0.4 is 0 Å². The average molecular weight is 324 g/mol. The third-order valence-corrected chi connectivity index (χ3v) is 4.06. The molecule has 88 valence electrons. The first kappa shape index (κ1) is 13.9. The first-order valence-electron chi connectivity index (χ1n) is 4.76. The first-order chi connectivity index (χ1) is 7.49. The molecule has 1 unspecified atom stereocenters. The van der Waals surface area contributed by atoms with Crippen LogP contribution in [0.25, 0.3) is 0 Å². The lowest BCUT2D eigenvalue weighted by molar-refractivity contribution is -0.136. The molecule has 0 heterocycles. The van der Waals surface area contributed by atoms with Gasteiger partial charge in [-0.15, -0.1) is 0 Å². The first-order valence-corrected chi connectivity index (χ1v) is 6.98. The predicted molar refractivity (Wildman–Crippen MR) is 72.2 cm³/mol. The number of rotatable bonds is 5. The smallest absolute Gasteiger partial charge is 0.304 e. The molecule has 0 saturated heterocycles. The Morgan fingerprint density at radius 2 is 2.31 bits per heavy atom. The topological polar surface area (TPSA) is 37.3 Å². The van der Waals surface area contributed by atoms with E-state index in [1.54, 1.807) is 11.8 Å². The van der Waals surface area contributed by atoms with Crippen LogP contribution >= 0.6 is 39.3 Å². The molecule has 16 heavy (non-hydrogen) atoms. The molecule has 1 N–H and O–H groups in total. The number of benzene rings is 1. The monoisotopic (exact) mass is 322 g/mol. The van der Waals surface area contributed by atoms with E-state index in [-0.39, 0.29) is 11.7 Å². The zero-order chi connectivity index (χ0) is 12.1. The van der Waals surface area contributed by atoms with Crippen molar-refractivity contribution in [3.05, 3.63) is 33.3 Å². The van der Waals surface area contributed by atoms with E-state index in [4.69, 9.17) is 16.7 Å². The van der Waals surface area contributed by atoms with E-state index in [9.17, 15) is 4.79 Å². The summed E-state index contributed by atoms with van der Waals surface area (Å²) in [4.78, 5) is 10.5. The predicted octanol–water partition coefficient (Wildman–Crippen LogP) is 4.20. The van der Waals surface area contributed by atoms with Gasteiger partial charge in [-0.05, 0) is 17.7 Å². The molecule has 0 amide bonds. The third-order valence-electron chi connectivity index (χ3n) is 2.00. The van der Waals surface area contributed by atoms with Gasteiger partial charge in [0.1, 0.15) is 0 Å². The van der Waals surface area contributed by atoms with Crippen molar-refractivity contribution >= 4 is 45.3 Å². The molecule has 1 atom stereocenters. The normalized spacial score (nSPS) is 12.4. The molecule has 0 aliphatic heterocycles. The van der Waals surface area contributed by atoms with E-state index in [1.165, 1.54) is 0 Å². The molecule has 0 saturated carbocycles. The lowest BCUT2D eigenvalue weighted by Crippen LogP contribution is -2.05. The van der Waals surface area contributed by atoms with Crippen molar-refractivity contribution in [3.63, 3.8) is 0 Å². The minimum absolute atomic E-state index is 0.0946. The van der Waals surface area contributed by atoms with Gasteiger partial charge in [0.25, 0.3) is 0 Å². The summed E-state index contributed by atoms with van der Waals surface area (Å²) in [6.07, 6.45) is 0.179. The number of thioether (sulfide) groups is 1. The van der Waals surface area contributed by atoms with E-state index in [2.05, 4.69) is 15.9 Å². The van der Waals surface area contributed by atoms with Crippen LogP contribution in [0.4, 0.5) is 0 Å². The van der Waals surface area contributed by atoms with Crippen molar-refractivity contribution < 1.29 is 9.90 Å². The summed E-state index contributed by atoms with van der Waals surface area (Å²) in [6.45, 7) is 1.91. The van der Waals surface area contributed by atoms with Gasteiger partial charge in [-0.25, -0.2) is 0 Å². The molecule has 0 aliphatic carbocycles. The molecule has 0 fully saturated rings. The van der Waals surface area contributed by atoms with Gasteiger partial charge in [0.15, 0.2) is 0 Å². The van der Waals surface area contributed by atoms with Gasteiger partial charge in [0.05, 0.1) is 6.42 Å². The van der Waals surface area contributed by atoms with Gasteiger partial charge < -0.3 is 5.11 Å². The standard InChI is InChI=1S/C11H12BrClO2S/c1-7(4-11(14)15)16-6-8-2-3-9(12)5-10(8)13/h2-3,5,7H,4,6H2,1H3,(H,14,15). The lowest BCUT2D eigenvalue weighted by atomic mass is 10.2. The van der Waals surface area contributed by atoms with E-state index >= 15 is 0 Å². The second-order valence-corrected chi connectivity index (χ2v) is 6.20. The van der Waals surface area contributed by atoms with Crippen molar-refractivity contribution in [2.75, 3.05) is 0 Å². The second kappa shape index (κ2) is 6.52. The second-order valence-electron chi connectivity index (χ2n) is 3.46. The zero-order valence-corrected chi connectivity index (χ0v) is 11.9. The maximum absolute atomic E-state index is 10.5. The van der Waals surface area contributed by atoms with E-state index in [0.29, 0.717) is 5.02 Å². The largest absolute Gasteiger partial charge is 0.481 e. The maximum Gasteiger partial charge on any atom is 0.304 e. The fourth-order valence-corrected chi connectivity index (χ4v) is 2.97. The van der Waals surface area contributed by atoms with Crippen molar-refractivity contribution in [2.45, 2.75) is 24.3 Å². The number of hydrogen-bond acceptors (Lipinski definition) is 2. The number of halogens is 2. The Balaban J connectivity index is 2.51. The molecule has 1 aromatic carbocycles. The van der Waals surface area contributed by atoms with Gasteiger partial charge in [0.2, 0.25) is 0 Å². The molecule has 0 aliphatic rings. The highest BCUT2D eigenvalue weighted by Crippen LogP contribution is 2.27. The Kier molecular flexibility index (Phi) is 5.66. The van der Waals surface area contributed by atoms with Gasteiger partial charge in [0, 0.05) is 20.5 Å². The Morgan fingerprint density at radius 3 is 2.88 bits per heavy atom. The van der Waals surface area contributed by atoms with Crippen LogP contribution in [0.1, 0.15) is 18.9 Å². The molecule has 0 aromatic heterocycles. The van der Waals surface area contributed by atoms with Crippen molar-refractivity contribution in [1.29, 1.82) is 0 Å². The molecule has 0 spiro atoms. The highest BCUT2D eigenvalue weighted by molar-refractivity contribution is 9.10. The number of hydrogen-bond donors (Lipinski definition) is 1. The fraction of sp³-hybridized carbons (Fsp3) is 0.364. The molecular formula is C11H12BrClO2S. The maximum atomic E-state index is 10.5. The van der Waals surface area contributed by atoms with Crippen LogP contribution in [-0.2, 0) is 10.5 Å². The van der Waals surface area contributed by atoms with Crippen molar-refractivity contribution in [3.8, 4) is 0 Å². The minimum atomic E-state index is -0.762. The van der Waals surface area contributed by atoms with Crippen LogP contribution in [0, 0.1) is 0 Å². The number of carboxylic acids is 1. The number of carboxylic acid groups (broad SMARTS) is 1. The van der Waals surface area contributed by atoms with Crippen LogP contribution in [-0.4, -0.2) is 16.3 Å². The van der Waals surface area contributed by atoms with Gasteiger partial charge in [-0.3, -0.25) is 4.79 Å². The van der Waals surface area contributed by atoms with Crippen molar-refractivity contribution in [2.24, 2.45) is 0 Å². The SMILES string of the molecule is CC(CC(=O)O)SCc1ccc(Br)cc1Cl. The third kappa shape index (κ3) is 4.76. The summed E-state index contributed by atoms with van der Waals surface area (Å²) < 4.78 is 0.949. The molecule has 5 heteroatoms. The Labute approximate surface area is 113 Å². The molecule has 2 nitrogen and oxygen atoms in total. The lowest BCUT2D eigenvalue weighted by Gasteiger charge is -2.09. The summed E-state index contributed by atoms with van der Waals surface area (Å²) in [5.41, 5.74) is 1.03. The quantitative estimate of drug-likeness (QED) is 0.882. The molecule has 1 aromatic rings. The molecule has 0 radical (unpaired) electrons. The van der Waals surface area contributed by atoms with E-state index in [0.717, 1.165) is 15.8 Å². The molecule has 1 rings (SSSR count). The Bertz CT molecular complexity index is 384. The molecular weight excluding hydrogens is 312 g/mol. The summed E-state index contributed by atoms with van der Waals surface area (Å²) in [7, 11) is 0. The van der Waals surface area contributed by atoms with Crippen molar-refractivity contribution in [1.82, 2.24) is 0 Å². The van der Waals surface area contributed by atoms with E-state index in [1.807, 2.05) is 25.1 Å². The Morgan fingerprint density at radius 1 is 1.62 bits per heavy atom.